The Bertz CT molecular complexity index is 1580. The Kier molecular flexibility index (Phi) is 9.07. The first-order valence-electron chi connectivity index (χ1n) is 11.9. The van der Waals surface area contributed by atoms with Crippen LogP contribution in [0.3, 0.4) is 0 Å². The predicted molar refractivity (Wildman–Crippen MR) is 152 cm³/mol. The van der Waals surface area contributed by atoms with Gasteiger partial charge in [0.2, 0.25) is 0 Å². The summed E-state index contributed by atoms with van der Waals surface area (Å²) in [7, 11) is 4.43. The van der Waals surface area contributed by atoms with Crippen LogP contribution in [-0.2, 0) is 0 Å². The highest BCUT2D eigenvalue weighted by molar-refractivity contribution is 9.10. The number of hydrogen-bond acceptors (Lipinski definition) is 9. The van der Waals surface area contributed by atoms with Gasteiger partial charge in [0.25, 0.3) is 5.91 Å². The number of carbonyl (C=O) groups is 2. The third-order valence-electron chi connectivity index (χ3n) is 5.70. The molecule has 0 fully saturated rings. The van der Waals surface area contributed by atoms with E-state index in [9.17, 15) is 9.59 Å². The number of amides is 1. The molecule has 10 nitrogen and oxygen atoms in total. The van der Waals surface area contributed by atoms with Crippen molar-refractivity contribution in [2.45, 2.75) is 6.92 Å². The van der Waals surface area contributed by atoms with Crippen molar-refractivity contribution in [3.05, 3.63) is 93.7 Å². The second kappa shape index (κ2) is 12.9. The number of ether oxygens (including phenoxy) is 4. The number of methoxy groups -OCH3 is 3. The number of nitrogens with one attached hydrogen (secondary N) is 1. The van der Waals surface area contributed by atoms with Gasteiger partial charge in [0.1, 0.15) is 0 Å². The van der Waals surface area contributed by atoms with Crippen LogP contribution >= 0.6 is 15.9 Å². The topological polar surface area (TPSA) is 121 Å². The van der Waals surface area contributed by atoms with Crippen molar-refractivity contribution in [2.24, 2.45) is 5.10 Å². The van der Waals surface area contributed by atoms with Crippen LogP contribution in [0.2, 0.25) is 0 Å². The molecule has 0 saturated carbocycles. The Morgan fingerprint density at radius 3 is 2.33 bits per heavy atom. The molecule has 1 amide bonds. The van der Waals surface area contributed by atoms with Gasteiger partial charge in [0.15, 0.2) is 28.8 Å². The molecule has 204 valence electrons. The number of esters is 1. The summed E-state index contributed by atoms with van der Waals surface area (Å²) in [5, 5.41) is 4.04. The summed E-state index contributed by atoms with van der Waals surface area (Å²) in [6.45, 7) is 1.73. The fourth-order valence-corrected chi connectivity index (χ4v) is 4.21. The molecule has 0 spiro atoms. The number of aromatic nitrogens is 2. The molecule has 1 N–H and O–H groups in total. The van der Waals surface area contributed by atoms with Crippen molar-refractivity contribution in [3.63, 3.8) is 0 Å². The highest BCUT2D eigenvalue weighted by Crippen LogP contribution is 2.37. The molecular weight excluding hydrogens is 580 g/mol. The number of rotatable bonds is 9. The summed E-state index contributed by atoms with van der Waals surface area (Å²) in [6.07, 6.45) is 2.90. The predicted octanol–water partition coefficient (Wildman–Crippen LogP) is 5.22. The first-order chi connectivity index (χ1) is 19.3. The molecule has 40 heavy (non-hydrogen) atoms. The zero-order valence-electron chi connectivity index (χ0n) is 22.1. The van der Waals surface area contributed by atoms with Gasteiger partial charge in [-0.25, -0.2) is 20.2 Å². The minimum absolute atomic E-state index is 0.176. The van der Waals surface area contributed by atoms with Gasteiger partial charge in [0, 0.05) is 11.8 Å². The van der Waals surface area contributed by atoms with Crippen LogP contribution in [0, 0.1) is 6.92 Å². The number of nitrogens with zero attached hydrogens (tertiary/aromatic N) is 3. The van der Waals surface area contributed by atoms with Gasteiger partial charge in [-0.1, -0.05) is 30.3 Å². The van der Waals surface area contributed by atoms with Gasteiger partial charge >= 0.3 is 5.97 Å². The Morgan fingerprint density at radius 2 is 1.65 bits per heavy atom. The van der Waals surface area contributed by atoms with Crippen LogP contribution in [0.15, 0.2) is 76.4 Å². The summed E-state index contributed by atoms with van der Waals surface area (Å²) in [4.78, 5) is 34.2. The second-order valence-corrected chi connectivity index (χ2v) is 9.11. The van der Waals surface area contributed by atoms with Gasteiger partial charge in [0.05, 0.1) is 48.8 Å². The summed E-state index contributed by atoms with van der Waals surface area (Å²) < 4.78 is 21.9. The fourth-order valence-electron chi connectivity index (χ4n) is 3.67. The average Bonchev–Trinajstić information content (AvgIpc) is 2.98. The Hall–Kier alpha value is -4.77. The Labute approximate surface area is 239 Å². The molecule has 0 unspecified atom stereocenters. The monoisotopic (exact) mass is 604 g/mol. The van der Waals surface area contributed by atoms with Crippen LogP contribution in [0.5, 0.6) is 23.0 Å². The number of halogens is 1. The van der Waals surface area contributed by atoms with E-state index >= 15 is 0 Å². The van der Waals surface area contributed by atoms with E-state index in [0.717, 1.165) is 5.56 Å². The molecule has 4 rings (SSSR count). The third-order valence-corrected chi connectivity index (χ3v) is 6.29. The quantitative estimate of drug-likeness (QED) is 0.119. The summed E-state index contributed by atoms with van der Waals surface area (Å²) >= 11 is 3.42. The molecule has 0 aliphatic carbocycles. The van der Waals surface area contributed by atoms with E-state index < -0.39 is 11.9 Å². The molecule has 3 aromatic carbocycles. The van der Waals surface area contributed by atoms with E-state index in [4.69, 9.17) is 18.9 Å². The Morgan fingerprint density at radius 1 is 0.925 bits per heavy atom. The molecule has 0 aliphatic heterocycles. The highest BCUT2D eigenvalue weighted by Gasteiger charge is 2.19. The van der Waals surface area contributed by atoms with Crippen molar-refractivity contribution in [3.8, 4) is 34.4 Å². The molecule has 0 aliphatic rings. The molecule has 11 heteroatoms. The molecule has 0 radical (unpaired) electrons. The van der Waals surface area contributed by atoms with Gasteiger partial charge in [-0.3, -0.25) is 4.79 Å². The van der Waals surface area contributed by atoms with Crippen LogP contribution in [0.4, 0.5) is 0 Å². The number of hydrazone groups is 1. The van der Waals surface area contributed by atoms with Crippen molar-refractivity contribution in [1.29, 1.82) is 0 Å². The number of carbonyl (C=O) groups excluding carboxylic acids is 2. The molecule has 0 atom stereocenters. The number of benzene rings is 3. The molecule has 0 saturated heterocycles. The largest absolute Gasteiger partial charge is 0.493 e. The molecular formula is C29H25BrN4O6. The van der Waals surface area contributed by atoms with E-state index in [2.05, 4.69) is 36.4 Å². The lowest BCUT2D eigenvalue weighted by atomic mass is 10.2. The van der Waals surface area contributed by atoms with Gasteiger partial charge in [-0.05, 0) is 58.7 Å². The van der Waals surface area contributed by atoms with Crippen molar-refractivity contribution >= 4 is 34.0 Å². The van der Waals surface area contributed by atoms with E-state index in [1.165, 1.54) is 39.8 Å². The van der Waals surface area contributed by atoms with Crippen LogP contribution < -0.4 is 24.4 Å². The second-order valence-electron chi connectivity index (χ2n) is 8.25. The van der Waals surface area contributed by atoms with E-state index in [0.29, 0.717) is 38.6 Å². The van der Waals surface area contributed by atoms with Gasteiger partial charge < -0.3 is 18.9 Å². The van der Waals surface area contributed by atoms with Crippen molar-refractivity contribution < 1.29 is 28.5 Å². The molecule has 0 bridgehead atoms. The highest BCUT2D eigenvalue weighted by atomic mass is 79.9. The third kappa shape index (κ3) is 6.44. The minimum atomic E-state index is -0.621. The summed E-state index contributed by atoms with van der Waals surface area (Å²) in [5.41, 5.74) is 4.99. The van der Waals surface area contributed by atoms with Gasteiger partial charge in [-0.2, -0.15) is 5.10 Å². The maximum Gasteiger partial charge on any atom is 0.343 e. The molecule has 1 aromatic heterocycles. The lowest BCUT2D eigenvalue weighted by Crippen LogP contribution is -2.20. The molecule has 4 aromatic rings. The van der Waals surface area contributed by atoms with E-state index in [1.807, 2.05) is 30.3 Å². The first-order valence-corrected chi connectivity index (χ1v) is 12.7. The fraction of sp³-hybridized carbons (Fsp3) is 0.138. The van der Waals surface area contributed by atoms with Gasteiger partial charge in [-0.15, -0.1) is 0 Å². The minimum Gasteiger partial charge on any atom is -0.493 e. The van der Waals surface area contributed by atoms with Crippen LogP contribution in [0.25, 0.3) is 11.4 Å². The SMILES string of the molecule is COc1ccc(C(=O)Oc2c(Br)cc(/C=N/NC(=O)c3cnc(-c4ccccc4)nc3C)cc2OC)cc1OC. The van der Waals surface area contributed by atoms with E-state index in [-0.39, 0.29) is 17.1 Å². The number of hydrogen-bond donors (Lipinski definition) is 1. The maximum atomic E-state index is 12.8. The zero-order chi connectivity index (χ0) is 28.6. The van der Waals surface area contributed by atoms with E-state index in [1.54, 1.807) is 31.2 Å². The van der Waals surface area contributed by atoms with Crippen LogP contribution in [0.1, 0.15) is 32.0 Å². The normalized spacial score (nSPS) is 10.7. The van der Waals surface area contributed by atoms with Crippen molar-refractivity contribution in [1.82, 2.24) is 15.4 Å². The maximum absolute atomic E-state index is 12.8. The number of aryl methyl sites for hydroxylation is 1. The van der Waals surface area contributed by atoms with Crippen molar-refractivity contribution in [2.75, 3.05) is 21.3 Å². The molecule has 1 heterocycles. The van der Waals surface area contributed by atoms with Crippen LogP contribution in [-0.4, -0.2) is 49.4 Å². The Balaban J connectivity index is 1.46. The standard InChI is InChI=1S/C29H25BrN4O6/c1-17-21(16-31-27(33-17)19-8-6-5-7-9-19)28(35)34-32-15-18-12-22(30)26(25(13-18)39-4)40-29(36)20-10-11-23(37-2)24(14-20)38-3/h5-16H,1-4H3,(H,34,35)/b32-15+. The summed E-state index contributed by atoms with van der Waals surface area (Å²) in [6, 6.07) is 17.5. The lowest BCUT2D eigenvalue weighted by molar-refractivity contribution is 0.0727. The average molecular weight is 605 g/mol. The zero-order valence-corrected chi connectivity index (χ0v) is 23.7. The summed E-state index contributed by atoms with van der Waals surface area (Å²) in [5.74, 6) is 0.781. The first kappa shape index (κ1) is 28.2. The lowest BCUT2D eigenvalue weighted by Gasteiger charge is -2.13. The smallest absolute Gasteiger partial charge is 0.343 e.